The summed E-state index contributed by atoms with van der Waals surface area (Å²) >= 11 is 0. The van der Waals surface area contributed by atoms with Gasteiger partial charge in [-0.2, -0.15) is 0 Å². The monoisotopic (exact) mass is 327 g/mol. The molecule has 0 heterocycles. The Morgan fingerprint density at radius 3 is 2.50 bits per heavy atom. The molecule has 0 saturated heterocycles. The maximum Gasteiger partial charge on any atom is 0.274 e. The van der Waals surface area contributed by atoms with E-state index in [4.69, 9.17) is 0 Å². The number of carbonyl (C=O) groups excluding carboxylic acids is 2. The SMILES string of the molecule is Cc1cccc(C(=O)NCC(=O)Nc2cccc([N+](=O)[O-])c2C)c1. The fraction of sp³-hybridized carbons (Fsp3) is 0.176. The quantitative estimate of drug-likeness (QED) is 0.651. The van der Waals surface area contributed by atoms with E-state index < -0.39 is 10.8 Å². The number of nitrogens with one attached hydrogen (secondary N) is 2. The van der Waals surface area contributed by atoms with Crippen LogP contribution in [-0.2, 0) is 4.79 Å². The van der Waals surface area contributed by atoms with E-state index in [0.29, 0.717) is 16.8 Å². The number of benzene rings is 2. The fourth-order valence-corrected chi connectivity index (χ4v) is 2.20. The molecular formula is C17H17N3O4. The third-order valence-electron chi connectivity index (χ3n) is 3.47. The molecule has 0 bridgehead atoms. The Labute approximate surface area is 138 Å². The number of anilines is 1. The second-order valence-electron chi connectivity index (χ2n) is 5.31. The predicted molar refractivity (Wildman–Crippen MR) is 90.0 cm³/mol. The van der Waals surface area contributed by atoms with Crippen LogP contribution >= 0.6 is 0 Å². The van der Waals surface area contributed by atoms with Crippen LogP contribution in [0.4, 0.5) is 11.4 Å². The van der Waals surface area contributed by atoms with E-state index in [1.54, 1.807) is 31.2 Å². The number of aryl methyl sites for hydroxylation is 1. The highest BCUT2D eigenvalue weighted by molar-refractivity contribution is 5.99. The number of nitro benzene ring substituents is 1. The van der Waals surface area contributed by atoms with Crippen molar-refractivity contribution in [2.75, 3.05) is 11.9 Å². The summed E-state index contributed by atoms with van der Waals surface area (Å²) in [5.41, 5.74) is 2.05. The normalized spacial score (nSPS) is 10.1. The lowest BCUT2D eigenvalue weighted by Gasteiger charge is -2.09. The van der Waals surface area contributed by atoms with Gasteiger partial charge in [-0.25, -0.2) is 0 Å². The van der Waals surface area contributed by atoms with Crippen molar-refractivity contribution in [1.29, 1.82) is 0 Å². The first-order valence-electron chi connectivity index (χ1n) is 7.27. The van der Waals surface area contributed by atoms with Crippen molar-refractivity contribution in [3.63, 3.8) is 0 Å². The summed E-state index contributed by atoms with van der Waals surface area (Å²) in [6, 6.07) is 11.4. The van der Waals surface area contributed by atoms with Gasteiger partial charge in [0.1, 0.15) is 0 Å². The number of nitro groups is 1. The zero-order valence-electron chi connectivity index (χ0n) is 13.3. The standard InChI is InChI=1S/C17H17N3O4/c1-11-5-3-6-13(9-11)17(22)18-10-16(21)19-14-7-4-8-15(12(14)2)20(23)24/h3-9H,10H2,1-2H3,(H,18,22)(H,19,21). The summed E-state index contributed by atoms with van der Waals surface area (Å²) in [5.74, 6) is -0.816. The van der Waals surface area contributed by atoms with Gasteiger partial charge in [-0.05, 0) is 32.0 Å². The van der Waals surface area contributed by atoms with Gasteiger partial charge in [0.05, 0.1) is 22.7 Å². The molecule has 7 heteroatoms. The first kappa shape index (κ1) is 17.1. The lowest BCUT2D eigenvalue weighted by atomic mass is 10.1. The number of hydrogen-bond donors (Lipinski definition) is 2. The summed E-state index contributed by atoms with van der Waals surface area (Å²) in [6.45, 7) is 3.20. The minimum atomic E-state index is -0.509. The average Bonchev–Trinajstić information content (AvgIpc) is 2.54. The van der Waals surface area contributed by atoms with Crippen LogP contribution in [0.3, 0.4) is 0 Å². The van der Waals surface area contributed by atoms with Crippen molar-refractivity contribution < 1.29 is 14.5 Å². The topological polar surface area (TPSA) is 101 Å². The lowest BCUT2D eigenvalue weighted by Crippen LogP contribution is -2.33. The van der Waals surface area contributed by atoms with Gasteiger partial charge in [0.2, 0.25) is 5.91 Å². The van der Waals surface area contributed by atoms with E-state index >= 15 is 0 Å². The minimum Gasteiger partial charge on any atom is -0.343 e. The van der Waals surface area contributed by atoms with Gasteiger partial charge in [0, 0.05) is 11.6 Å². The molecule has 0 aliphatic rings. The Kier molecular flexibility index (Phi) is 5.26. The Bertz CT molecular complexity index is 802. The number of rotatable bonds is 5. The summed E-state index contributed by atoms with van der Waals surface area (Å²) in [4.78, 5) is 34.3. The Hall–Kier alpha value is -3.22. The average molecular weight is 327 g/mol. The molecule has 0 fully saturated rings. The summed E-state index contributed by atoms with van der Waals surface area (Å²) < 4.78 is 0. The first-order valence-corrected chi connectivity index (χ1v) is 7.27. The second-order valence-corrected chi connectivity index (χ2v) is 5.31. The van der Waals surface area contributed by atoms with Crippen molar-refractivity contribution in [3.8, 4) is 0 Å². The van der Waals surface area contributed by atoms with Crippen LogP contribution in [0.25, 0.3) is 0 Å². The van der Waals surface area contributed by atoms with Crippen LogP contribution < -0.4 is 10.6 Å². The molecule has 2 aromatic rings. The van der Waals surface area contributed by atoms with Crippen LogP contribution in [0.15, 0.2) is 42.5 Å². The van der Waals surface area contributed by atoms with E-state index in [9.17, 15) is 19.7 Å². The lowest BCUT2D eigenvalue weighted by molar-refractivity contribution is -0.385. The first-order chi connectivity index (χ1) is 11.4. The van der Waals surface area contributed by atoms with Gasteiger partial charge in [-0.15, -0.1) is 0 Å². The zero-order valence-corrected chi connectivity index (χ0v) is 13.3. The van der Waals surface area contributed by atoms with E-state index in [1.807, 2.05) is 13.0 Å². The Morgan fingerprint density at radius 2 is 1.83 bits per heavy atom. The molecular weight excluding hydrogens is 310 g/mol. The van der Waals surface area contributed by atoms with Crippen molar-refractivity contribution in [2.24, 2.45) is 0 Å². The summed E-state index contributed by atoms with van der Waals surface area (Å²) in [7, 11) is 0. The Morgan fingerprint density at radius 1 is 1.12 bits per heavy atom. The van der Waals surface area contributed by atoms with Crippen LogP contribution in [0.2, 0.25) is 0 Å². The van der Waals surface area contributed by atoms with Crippen molar-refractivity contribution in [1.82, 2.24) is 5.32 Å². The van der Waals surface area contributed by atoms with Gasteiger partial charge >= 0.3 is 0 Å². The zero-order chi connectivity index (χ0) is 17.7. The van der Waals surface area contributed by atoms with Gasteiger partial charge in [0.15, 0.2) is 0 Å². The largest absolute Gasteiger partial charge is 0.343 e. The molecule has 24 heavy (non-hydrogen) atoms. The third kappa shape index (κ3) is 4.16. The van der Waals surface area contributed by atoms with Crippen LogP contribution in [0, 0.1) is 24.0 Å². The highest BCUT2D eigenvalue weighted by Gasteiger charge is 2.15. The van der Waals surface area contributed by atoms with E-state index in [1.165, 1.54) is 12.1 Å². The number of nitrogens with zero attached hydrogens (tertiary/aromatic N) is 1. The molecule has 0 aliphatic carbocycles. The fourth-order valence-electron chi connectivity index (χ4n) is 2.20. The van der Waals surface area contributed by atoms with Crippen LogP contribution in [0.5, 0.6) is 0 Å². The van der Waals surface area contributed by atoms with Crippen LogP contribution in [0.1, 0.15) is 21.5 Å². The number of carbonyl (C=O) groups is 2. The van der Waals surface area contributed by atoms with Crippen molar-refractivity contribution >= 4 is 23.2 Å². The summed E-state index contributed by atoms with van der Waals surface area (Å²) in [6.07, 6.45) is 0. The molecule has 0 atom stereocenters. The molecule has 2 aromatic carbocycles. The highest BCUT2D eigenvalue weighted by Crippen LogP contribution is 2.24. The molecule has 0 radical (unpaired) electrons. The molecule has 0 aliphatic heterocycles. The molecule has 2 N–H and O–H groups in total. The van der Waals surface area contributed by atoms with Gasteiger partial charge in [0.25, 0.3) is 11.6 Å². The molecule has 0 unspecified atom stereocenters. The van der Waals surface area contributed by atoms with E-state index in [0.717, 1.165) is 5.56 Å². The molecule has 0 saturated carbocycles. The molecule has 2 amide bonds. The van der Waals surface area contributed by atoms with Gasteiger partial charge < -0.3 is 10.6 Å². The number of amides is 2. The van der Waals surface area contributed by atoms with Gasteiger partial charge in [-0.1, -0.05) is 23.8 Å². The van der Waals surface area contributed by atoms with Gasteiger partial charge in [-0.3, -0.25) is 19.7 Å². The smallest absolute Gasteiger partial charge is 0.274 e. The maximum atomic E-state index is 12.0. The Balaban J connectivity index is 1.98. The molecule has 124 valence electrons. The molecule has 7 nitrogen and oxygen atoms in total. The third-order valence-corrected chi connectivity index (χ3v) is 3.47. The van der Waals surface area contributed by atoms with Crippen molar-refractivity contribution in [2.45, 2.75) is 13.8 Å². The van der Waals surface area contributed by atoms with Crippen LogP contribution in [-0.4, -0.2) is 23.3 Å². The molecule has 2 rings (SSSR count). The predicted octanol–water partition coefficient (Wildman–Crippen LogP) is 2.58. The second kappa shape index (κ2) is 7.36. The summed E-state index contributed by atoms with van der Waals surface area (Å²) in [5, 5.41) is 16.0. The van der Waals surface area contributed by atoms with Crippen molar-refractivity contribution in [3.05, 3.63) is 69.3 Å². The number of hydrogen-bond acceptors (Lipinski definition) is 4. The highest BCUT2D eigenvalue weighted by atomic mass is 16.6. The molecule has 0 aromatic heterocycles. The van der Waals surface area contributed by atoms with E-state index in [-0.39, 0.29) is 18.1 Å². The minimum absolute atomic E-state index is 0.0726. The maximum absolute atomic E-state index is 12.0. The molecule has 0 spiro atoms. The van der Waals surface area contributed by atoms with E-state index in [2.05, 4.69) is 10.6 Å².